The number of carbonyl (C=O) groups excluding carboxylic acids is 1. The Bertz CT molecular complexity index is 1190. The smallest absolute Gasteiger partial charge is 0.229 e. The monoisotopic (exact) mass is 409 g/mol. The summed E-state index contributed by atoms with van der Waals surface area (Å²) in [5.74, 6) is 0.732. The van der Waals surface area contributed by atoms with Crippen molar-refractivity contribution in [2.75, 3.05) is 23.3 Å². The molecule has 6 heteroatoms. The second-order valence-electron chi connectivity index (χ2n) is 7.83. The van der Waals surface area contributed by atoms with Gasteiger partial charge in [0.05, 0.1) is 29.0 Å². The largest absolute Gasteiger partial charge is 0.354 e. The van der Waals surface area contributed by atoms with Crippen molar-refractivity contribution in [3.8, 4) is 11.3 Å². The maximum absolute atomic E-state index is 12.9. The Balaban J connectivity index is 1.26. The van der Waals surface area contributed by atoms with Crippen LogP contribution in [0.1, 0.15) is 12.8 Å². The molecule has 0 saturated carbocycles. The topological polar surface area (TPSA) is 71.0 Å². The summed E-state index contributed by atoms with van der Waals surface area (Å²) in [5.41, 5.74) is 3.54. The minimum Gasteiger partial charge on any atom is -0.354 e. The predicted molar refractivity (Wildman–Crippen MR) is 123 cm³/mol. The number of fused-ring (bicyclic) bond motifs is 1. The zero-order valence-electron chi connectivity index (χ0n) is 17.1. The van der Waals surface area contributed by atoms with E-state index in [1.165, 1.54) is 0 Å². The molecule has 1 aliphatic heterocycles. The van der Waals surface area contributed by atoms with Gasteiger partial charge in [0, 0.05) is 24.0 Å². The molecule has 3 heterocycles. The van der Waals surface area contributed by atoms with E-state index in [4.69, 9.17) is 0 Å². The number of aromatic nitrogens is 3. The molecule has 0 bridgehead atoms. The standard InChI is InChI=1S/C25H23N5O/c31-25(27-21-15-19-9-4-5-11-22(19)26-16-21)20-10-6-14-30(17-20)24-13-12-23(28-29-24)18-7-2-1-3-8-18/h1-5,7-9,11-13,15-16,20H,6,10,14,17H2,(H,27,31). The molecule has 1 fully saturated rings. The minimum atomic E-state index is -0.101. The lowest BCUT2D eigenvalue weighted by atomic mass is 9.97. The highest BCUT2D eigenvalue weighted by Gasteiger charge is 2.27. The van der Waals surface area contributed by atoms with Gasteiger partial charge in [-0.2, -0.15) is 0 Å². The normalized spacial score (nSPS) is 16.3. The molecular formula is C25H23N5O. The minimum absolute atomic E-state index is 0.0237. The summed E-state index contributed by atoms with van der Waals surface area (Å²) in [6.07, 6.45) is 3.52. The predicted octanol–water partition coefficient (Wildman–Crippen LogP) is 4.55. The molecule has 4 aromatic rings. The molecule has 1 unspecified atom stereocenters. The first-order chi connectivity index (χ1) is 15.3. The van der Waals surface area contributed by atoms with E-state index in [1.54, 1.807) is 6.20 Å². The highest BCUT2D eigenvalue weighted by molar-refractivity contribution is 5.94. The summed E-state index contributed by atoms with van der Waals surface area (Å²) in [7, 11) is 0. The van der Waals surface area contributed by atoms with Gasteiger partial charge < -0.3 is 10.2 Å². The second-order valence-corrected chi connectivity index (χ2v) is 7.83. The van der Waals surface area contributed by atoms with E-state index in [-0.39, 0.29) is 11.8 Å². The van der Waals surface area contributed by atoms with Gasteiger partial charge in [0.1, 0.15) is 0 Å². The van der Waals surface area contributed by atoms with Crippen molar-refractivity contribution in [1.29, 1.82) is 0 Å². The first-order valence-electron chi connectivity index (χ1n) is 10.6. The quantitative estimate of drug-likeness (QED) is 0.536. The van der Waals surface area contributed by atoms with Crippen molar-refractivity contribution in [3.63, 3.8) is 0 Å². The molecule has 154 valence electrons. The van der Waals surface area contributed by atoms with Crippen LogP contribution in [-0.4, -0.2) is 34.2 Å². The number of pyridine rings is 1. The van der Waals surface area contributed by atoms with Gasteiger partial charge in [-0.3, -0.25) is 9.78 Å². The fraction of sp³-hybridized carbons (Fsp3) is 0.200. The number of nitrogens with one attached hydrogen (secondary N) is 1. The van der Waals surface area contributed by atoms with E-state index < -0.39 is 0 Å². The molecule has 2 aromatic carbocycles. The van der Waals surface area contributed by atoms with Gasteiger partial charge in [0.2, 0.25) is 5.91 Å². The van der Waals surface area contributed by atoms with E-state index in [0.29, 0.717) is 6.54 Å². The molecule has 0 aliphatic carbocycles. The lowest BCUT2D eigenvalue weighted by molar-refractivity contribution is -0.120. The van der Waals surface area contributed by atoms with Crippen LogP contribution in [0.3, 0.4) is 0 Å². The molecule has 1 saturated heterocycles. The number of hydrogen-bond donors (Lipinski definition) is 1. The third kappa shape index (κ3) is 4.23. The molecular weight excluding hydrogens is 386 g/mol. The van der Waals surface area contributed by atoms with Crippen LogP contribution in [0.5, 0.6) is 0 Å². The number of carbonyl (C=O) groups is 1. The van der Waals surface area contributed by atoms with Crippen LogP contribution in [0.25, 0.3) is 22.2 Å². The van der Waals surface area contributed by atoms with Crippen LogP contribution in [0, 0.1) is 5.92 Å². The van der Waals surface area contributed by atoms with Crippen molar-refractivity contribution in [3.05, 3.63) is 79.0 Å². The average Bonchev–Trinajstić information content (AvgIpc) is 2.85. The van der Waals surface area contributed by atoms with Crippen molar-refractivity contribution in [1.82, 2.24) is 15.2 Å². The van der Waals surface area contributed by atoms with E-state index in [9.17, 15) is 4.79 Å². The Hall–Kier alpha value is -3.80. The van der Waals surface area contributed by atoms with Crippen LogP contribution >= 0.6 is 0 Å². The van der Waals surface area contributed by atoms with Gasteiger partial charge in [-0.1, -0.05) is 48.5 Å². The number of rotatable bonds is 4. The van der Waals surface area contributed by atoms with Gasteiger partial charge in [0.15, 0.2) is 5.82 Å². The van der Waals surface area contributed by atoms with E-state index in [0.717, 1.165) is 53.1 Å². The fourth-order valence-corrected chi connectivity index (χ4v) is 4.04. The first-order valence-corrected chi connectivity index (χ1v) is 10.6. The Morgan fingerprint density at radius 1 is 0.968 bits per heavy atom. The van der Waals surface area contributed by atoms with Gasteiger partial charge in [0.25, 0.3) is 0 Å². The molecule has 6 nitrogen and oxygen atoms in total. The summed E-state index contributed by atoms with van der Waals surface area (Å²) >= 11 is 0. The fourth-order valence-electron chi connectivity index (χ4n) is 4.04. The number of amides is 1. The lowest BCUT2D eigenvalue weighted by Gasteiger charge is -2.32. The van der Waals surface area contributed by atoms with Crippen molar-refractivity contribution in [2.45, 2.75) is 12.8 Å². The zero-order valence-corrected chi connectivity index (χ0v) is 17.1. The van der Waals surface area contributed by atoms with Gasteiger partial charge >= 0.3 is 0 Å². The lowest BCUT2D eigenvalue weighted by Crippen LogP contribution is -2.41. The Kier molecular flexibility index (Phi) is 5.27. The number of para-hydroxylation sites is 1. The molecule has 1 N–H and O–H groups in total. The molecule has 1 aliphatic rings. The number of nitrogens with zero attached hydrogens (tertiary/aromatic N) is 4. The van der Waals surface area contributed by atoms with Crippen LogP contribution in [0.15, 0.2) is 79.0 Å². The van der Waals surface area contributed by atoms with Crippen LogP contribution in [-0.2, 0) is 4.79 Å². The van der Waals surface area contributed by atoms with Crippen molar-refractivity contribution >= 4 is 28.3 Å². The maximum Gasteiger partial charge on any atom is 0.229 e. The summed E-state index contributed by atoms with van der Waals surface area (Å²) in [4.78, 5) is 19.5. The molecule has 0 spiro atoms. The number of piperidine rings is 1. The van der Waals surface area contributed by atoms with Gasteiger partial charge in [-0.25, -0.2) is 0 Å². The maximum atomic E-state index is 12.9. The van der Waals surface area contributed by atoms with E-state index in [2.05, 4.69) is 25.4 Å². The average molecular weight is 409 g/mol. The van der Waals surface area contributed by atoms with Crippen LogP contribution < -0.4 is 10.2 Å². The van der Waals surface area contributed by atoms with Crippen molar-refractivity contribution in [2.24, 2.45) is 5.92 Å². The van der Waals surface area contributed by atoms with Crippen molar-refractivity contribution < 1.29 is 4.79 Å². The van der Waals surface area contributed by atoms with Crippen LogP contribution in [0.2, 0.25) is 0 Å². The first kappa shape index (κ1) is 19.2. The summed E-state index contributed by atoms with van der Waals surface area (Å²) in [6.45, 7) is 1.51. The summed E-state index contributed by atoms with van der Waals surface area (Å²) < 4.78 is 0. The van der Waals surface area contributed by atoms with E-state index in [1.807, 2.05) is 72.8 Å². The third-order valence-electron chi connectivity index (χ3n) is 5.69. The number of hydrogen-bond acceptors (Lipinski definition) is 5. The number of benzene rings is 2. The van der Waals surface area contributed by atoms with Gasteiger partial charge in [-0.15, -0.1) is 10.2 Å². The summed E-state index contributed by atoms with van der Waals surface area (Å²) in [5, 5.41) is 12.9. The molecule has 2 aromatic heterocycles. The Morgan fingerprint density at radius 2 is 1.81 bits per heavy atom. The summed E-state index contributed by atoms with van der Waals surface area (Å²) in [6, 6.07) is 23.8. The molecule has 1 atom stereocenters. The van der Waals surface area contributed by atoms with Gasteiger partial charge in [-0.05, 0) is 37.1 Å². The Morgan fingerprint density at radius 3 is 2.65 bits per heavy atom. The van der Waals surface area contributed by atoms with E-state index >= 15 is 0 Å². The molecule has 31 heavy (non-hydrogen) atoms. The Labute approximate surface area is 181 Å². The second kappa shape index (κ2) is 8.52. The highest BCUT2D eigenvalue weighted by atomic mass is 16.1. The van der Waals surface area contributed by atoms with Crippen LogP contribution in [0.4, 0.5) is 11.5 Å². The third-order valence-corrected chi connectivity index (χ3v) is 5.69. The number of anilines is 2. The SMILES string of the molecule is O=C(Nc1cnc2ccccc2c1)C1CCCN(c2ccc(-c3ccccc3)nn2)C1. The highest BCUT2D eigenvalue weighted by Crippen LogP contribution is 2.25. The molecule has 5 rings (SSSR count). The zero-order chi connectivity index (χ0) is 21.0. The molecule has 0 radical (unpaired) electrons. The molecule has 1 amide bonds.